The van der Waals surface area contributed by atoms with Crippen LogP contribution in [0, 0.1) is 11.3 Å². The van der Waals surface area contributed by atoms with E-state index in [1.165, 1.54) is 10.8 Å². The third-order valence-electron chi connectivity index (χ3n) is 7.84. The molecule has 0 aliphatic heterocycles. The Hall–Kier alpha value is -5.59. The Balaban J connectivity index is 1.36. The zero-order valence-corrected chi connectivity index (χ0v) is 21.5. The minimum Gasteiger partial charge on any atom is -0.456 e. The molecular weight excluding hydrogens is 488 g/mol. The molecule has 0 unspecified atom stereocenters. The average molecular weight is 511 g/mol. The van der Waals surface area contributed by atoms with Crippen molar-refractivity contribution < 1.29 is 4.42 Å². The second kappa shape index (κ2) is 8.73. The molecule has 0 fully saturated rings. The van der Waals surface area contributed by atoms with Crippen LogP contribution < -0.4 is 0 Å². The maximum atomic E-state index is 10.3. The van der Waals surface area contributed by atoms with Gasteiger partial charge in [0.25, 0.3) is 0 Å². The Morgan fingerprint density at radius 2 is 1.12 bits per heavy atom. The van der Waals surface area contributed by atoms with Crippen LogP contribution >= 0.6 is 0 Å². The molecule has 0 amide bonds. The van der Waals surface area contributed by atoms with Gasteiger partial charge in [-0.05, 0) is 59.2 Å². The SMILES string of the molecule is N#Cc1cccc(-c2cccc(-c3ccc4oc5ccccc5c4c3)c2)c1-n1c2ccccc2c2ccccc21. The molecule has 0 radical (unpaired) electrons. The highest BCUT2D eigenvalue weighted by Crippen LogP contribution is 2.39. The van der Waals surface area contributed by atoms with Gasteiger partial charge in [0.1, 0.15) is 17.2 Å². The van der Waals surface area contributed by atoms with Gasteiger partial charge >= 0.3 is 0 Å². The fourth-order valence-corrected chi connectivity index (χ4v) is 6.04. The molecule has 8 rings (SSSR count). The molecular formula is C37H22N2O. The number of nitriles is 1. The molecule has 2 aromatic heterocycles. The van der Waals surface area contributed by atoms with Crippen molar-refractivity contribution in [3.05, 3.63) is 139 Å². The fraction of sp³-hybridized carbons (Fsp3) is 0. The minimum atomic E-state index is 0.640. The summed E-state index contributed by atoms with van der Waals surface area (Å²) in [4.78, 5) is 0. The van der Waals surface area contributed by atoms with Crippen molar-refractivity contribution in [1.82, 2.24) is 4.57 Å². The summed E-state index contributed by atoms with van der Waals surface area (Å²) in [6, 6.07) is 48.4. The van der Waals surface area contributed by atoms with Crippen molar-refractivity contribution in [2.24, 2.45) is 0 Å². The second-order valence-corrected chi connectivity index (χ2v) is 10.1. The topological polar surface area (TPSA) is 41.9 Å². The highest BCUT2D eigenvalue weighted by atomic mass is 16.3. The zero-order chi connectivity index (χ0) is 26.6. The molecule has 0 bridgehead atoms. The van der Waals surface area contributed by atoms with Crippen LogP contribution in [-0.4, -0.2) is 4.57 Å². The van der Waals surface area contributed by atoms with Gasteiger partial charge in [-0.3, -0.25) is 0 Å². The minimum absolute atomic E-state index is 0.640. The third kappa shape index (κ3) is 3.30. The smallest absolute Gasteiger partial charge is 0.135 e. The van der Waals surface area contributed by atoms with E-state index in [2.05, 4.69) is 114 Å². The molecule has 0 N–H and O–H groups in total. The van der Waals surface area contributed by atoms with Crippen molar-refractivity contribution in [1.29, 1.82) is 5.26 Å². The van der Waals surface area contributed by atoms with Crippen molar-refractivity contribution in [2.75, 3.05) is 0 Å². The van der Waals surface area contributed by atoms with Gasteiger partial charge < -0.3 is 8.98 Å². The molecule has 0 spiro atoms. The van der Waals surface area contributed by atoms with E-state index in [9.17, 15) is 5.26 Å². The number of hydrogen-bond donors (Lipinski definition) is 0. The Bertz CT molecular complexity index is 2240. The van der Waals surface area contributed by atoms with Crippen molar-refractivity contribution in [3.8, 4) is 34.0 Å². The third-order valence-corrected chi connectivity index (χ3v) is 7.84. The lowest BCUT2D eigenvalue weighted by molar-refractivity contribution is 0.669. The fourth-order valence-electron chi connectivity index (χ4n) is 6.04. The standard InChI is InChI=1S/C37H22N2O/c38-23-27-11-8-15-28(37(27)39-33-16-4-1-12-29(33)30-13-2-5-17-34(30)39)26-10-7-9-24(21-26)25-19-20-36-32(22-25)31-14-3-6-18-35(31)40-36/h1-22H. The zero-order valence-electron chi connectivity index (χ0n) is 21.5. The molecule has 2 heterocycles. The summed E-state index contributed by atoms with van der Waals surface area (Å²) >= 11 is 0. The van der Waals surface area contributed by atoms with E-state index in [1.54, 1.807) is 0 Å². The number of para-hydroxylation sites is 4. The highest BCUT2D eigenvalue weighted by Gasteiger charge is 2.19. The van der Waals surface area contributed by atoms with E-state index in [0.29, 0.717) is 5.56 Å². The molecule has 3 nitrogen and oxygen atoms in total. The normalized spacial score (nSPS) is 11.5. The lowest BCUT2D eigenvalue weighted by Crippen LogP contribution is -2.00. The van der Waals surface area contributed by atoms with E-state index in [1.807, 2.05) is 30.3 Å². The Kier molecular flexibility index (Phi) is 4.89. The quantitative estimate of drug-likeness (QED) is 0.237. The van der Waals surface area contributed by atoms with Crippen LogP contribution in [0.5, 0.6) is 0 Å². The van der Waals surface area contributed by atoms with Gasteiger partial charge in [0, 0.05) is 27.1 Å². The molecule has 40 heavy (non-hydrogen) atoms. The van der Waals surface area contributed by atoms with Gasteiger partial charge in [-0.25, -0.2) is 0 Å². The lowest BCUT2D eigenvalue weighted by Gasteiger charge is -2.16. The van der Waals surface area contributed by atoms with Crippen LogP contribution in [0.4, 0.5) is 0 Å². The molecule has 0 saturated carbocycles. The van der Waals surface area contributed by atoms with E-state index >= 15 is 0 Å². The highest BCUT2D eigenvalue weighted by molar-refractivity contribution is 6.10. The van der Waals surface area contributed by atoms with E-state index < -0.39 is 0 Å². The van der Waals surface area contributed by atoms with Crippen LogP contribution in [-0.2, 0) is 0 Å². The monoisotopic (exact) mass is 510 g/mol. The molecule has 186 valence electrons. The Morgan fingerprint density at radius 1 is 0.500 bits per heavy atom. The second-order valence-electron chi connectivity index (χ2n) is 10.1. The number of benzene rings is 6. The summed E-state index contributed by atoms with van der Waals surface area (Å²) < 4.78 is 8.30. The first kappa shape index (κ1) is 22.4. The van der Waals surface area contributed by atoms with Crippen molar-refractivity contribution in [3.63, 3.8) is 0 Å². The summed E-state index contributed by atoms with van der Waals surface area (Å²) in [7, 11) is 0. The van der Waals surface area contributed by atoms with Gasteiger partial charge in [0.15, 0.2) is 0 Å². The number of hydrogen-bond acceptors (Lipinski definition) is 2. The summed E-state index contributed by atoms with van der Waals surface area (Å²) in [5, 5.41) is 14.8. The number of furan rings is 1. The van der Waals surface area contributed by atoms with Gasteiger partial charge in [-0.2, -0.15) is 5.26 Å². The van der Waals surface area contributed by atoms with Crippen LogP contribution in [0.1, 0.15) is 5.56 Å². The van der Waals surface area contributed by atoms with E-state index in [4.69, 9.17) is 4.42 Å². The molecule has 3 heteroatoms. The number of fused-ring (bicyclic) bond motifs is 6. The van der Waals surface area contributed by atoms with Gasteiger partial charge in [0.2, 0.25) is 0 Å². The molecule has 0 saturated heterocycles. The maximum absolute atomic E-state index is 10.3. The Labute approximate surface area is 230 Å². The molecule has 6 aromatic carbocycles. The van der Waals surface area contributed by atoms with Crippen molar-refractivity contribution in [2.45, 2.75) is 0 Å². The lowest BCUT2D eigenvalue weighted by atomic mass is 9.95. The molecule has 0 atom stereocenters. The predicted octanol–water partition coefficient (Wildman–Crippen LogP) is 9.89. The van der Waals surface area contributed by atoms with E-state index in [-0.39, 0.29) is 0 Å². The Morgan fingerprint density at radius 3 is 1.90 bits per heavy atom. The summed E-state index contributed by atoms with van der Waals surface area (Å²) in [5.74, 6) is 0. The van der Waals surface area contributed by atoms with Crippen LogP contribution in [0.3, 0.4) is 0 Å². The number of nitrogens with zero attached hydrogens (tertiary/aromatic N) is 2. The van der Waals surface area contributed by atoms with Crippen molar-refractivity contribution >= 4 is 43.7 Å². The first-order valence-corrected chi connectivity index (χ1v) is 13.3. The van der Waals surface area contributed by atoms with Gasteiger partial charge in [0.05, 0.1) is 22.3 Å². The number of aromatic nitrogens is 1. The molecule has 0 aliphatic carbocycles. The number of rotatable bonds is 3. The first-order valence-electron chi connectivity index (χ1n) is 13.3. The summed E-state index contributed by atoms with van der Waals surface area (Å²) in [6.45, 7) is 0. The maximum Gasteiger partial charge on any atom is 0.135 e. The van der Waals surface area contributed by atoms with Crippen LogP contribution in [0.25, 0.3) is 71.7 Å². The van der Waals surface area contributed by atoms with E-state index in [0.717, 1.165) is 60.9 Å². The van der Waals surface area contributed by atoms with Gasteiger partial charge in [-0.1, -0.05) is 91.0 Å². The molecule has 8 aromatic rings. The summed E-state index contributed by atoms with van der Waals surface area (Å²) in [6.07, 6.45) is 0. The summed E-state index contributed by atoms with van der Waals surface area (Å²) in [5.41, 5.74) is 9.80. The van der Waals surface area contributed by atoms with Gasteiger partial charge in [-0.15, -0.1) is 0 Å². The van der Waals surface area contributed by atoms with Crippen LogP contribution in [0.15, 0.2) is 138 Å². The predicted molar refractivity (Wildman–Crippen MR) is 164 cm³/mol. The largest absolute Gasteiger partial charge is 0.456 e. The average Bonchev–Trinajstić information content (AvgIpc) is 3.56. The first-order chi connectivity index (χ1) is 19.8. The molecule has 0 aliphatic rings. The van der Waals surface area contributed by atoms with Crippen LogP contribution in [0.2, 0.25) is 0 Å².